The molecule has 4 nitrogen and oxygen atoms in total. The summed E-state index contributed by atoms with van der Waals surface area (Å²) in [5, 5.41) is 8.82. The van der Waals surface area contributed by atoms with E-state index in [4.69, 9.17) is 9.68 Å². The number of hydrogen-bond acceptors (Lipinski definition) is 4. The minimum absolute atomic E-state index is 0.190. The summed E-state index contributed by atoms with van der Waals surface area (Å²) in [6.45, 7) is 2.73. The van der Waals surface area contributed by atoms with Crippen LogP contribution in [-0.4, -0.2) is 23.0 Å². The number of piperidine rings is 1. The van der Waals surface area contributed by atoms with E-state index in [-0.39, 0.29) is 5.92 Å². The highest BCUT2D eigenvalue weighted by molar-refractivity contribution is 4.94. The van der Waals surface area contributed by atoms with E-state index in [0.717, 1.165) is 38.2 Å². The number of aromatic nitrogens is 1. The highest BCUT2D eigenvalue weighted by Crippen LogP contribution is 2.17. The lowest BCUT2D eigenvalue weighted by molar-refractivity contribution is 0.190. The van der Waals surface area contributed by atoms with Gasteiger partial charge < -0.3 is 4.42 Å². The lowest BCUT2D eigenvalue weighted by atomic mass is 10.00. The van der Waals surface area contributed by atoms with Gasteiger partial charge in [0.15, 0.2) is 6.39 Å². The van der Waals surface area contributed by atoms with Crippen molar-refractivity contribution in [1.29, 1.82) is 5.26 Å². The maximum atomic E-state index is 8.82. The molecule has 1 saturated heterocycles. The van der Waals surface area contributed by atoms with Crippen molar-refractivity contribution in [2.24, 2.45) is 5.92 Å². The molecule has 0 spiro atoms. The van der Waals surface area contributed by atoms with Gasteiger partial charge in [0.2, 0.25) is 0 Å². The Kier molecular flexibility index (Phi) is 2.80. The molecular weight excluding hydrogens is 178 g/mol. The summed E-state index contributed by atoms with van der Waals surface area (Å²) < 4.78 is 4.91. The van der Waals surface area contributed by atoms with Crippen LogP contribution in [0.25, 0.3) is 0 Å². The zero-order valence-electron chi connectivity index (χ0n) is 8.02. The van der Waals surface area contributed by atoms with Gasteiger partial charge in [-0.25, -0.2) is 4.98 Å². The van der Waals surface area contributed by atoms with E-state index in [1.165, 1.54) is 6.39 Å². The van der Waals surface area contributed by atoms with E-state index in [9.17, 15) is 0 Å². The number of hydrogen-bond donors (Lipinski definition) is 0. The number of oxazole rings is 1. The fourth-order valence-corrected chi connectivity index (χ4v) is 1.85. The lowest BCUT2D eigenvalue weighted by Gasteiger charge is -2.28. The van der Waals surface area contributed by atoms with Crippen LogP contribution < -0.4 is 0 Å². The molecule has 1 atom stereocenters. The van der Waals surface area contributed by atoms with Gasteiger partial charge in [0.05, 0.1) is 17.7 Å². The van der Waals surface area contributed by atoms with Crippen LogP contribution in [-0.2, 0) is 6.54 Å². The molecule has 74 valence electrons. The molecular formula is C10H13N3O. The quantitative estimate of drug-likeness (QED) is 0.709. The second kappa shape index (κ2) is 4.25. The average molecular weight is 191 g/mol. The van der Waals surface area contributed by atoms with Crippen molar-refractivity contribution >= 4 is 0 Å². The van der Waals surface area contributed by atoms with Crippen LogP contribution in [0.4, 0.5) is 0 Å². The Morgan fingerprint density at radius 3 is 3.36 bits per heavy atom. The first-order valence-electron chi connectivity index (χ1n) is 4.87. The first kappa shape index (κ1) is 9.22. The molecule has 1 unspecified atom stereocenters. The van der Waals surface area contributed by atoms with E-state index in [1.54, 1.807) is 6.26 Å². The molecule has 0 bridgehead atoms. The van der Waals surface area contributed by atoms with Crippen LogP contribution in [0.3, 0.4) is 0 Å². The fourth-order valence-electron chi connectivity index (χ4n) is 1.85. The minimum atomic E-state index is 0.190. The van der Waals surface area contributed by atoms with Crippen LogP contribution >= 0.6 is 0 Å². The Morgan fingerprint density at radius 2 is 2.64 bits per heavy atom. The van der Waals surface area contributed by atoms with E-state index in [1.807, 2.05) is 0 Å². The molecule has 0 amide bonds. The molecule has 1 fully saturated rings. The predicted molar refractivity (Wildman–Crippen MR) is 50.1 cm³/mol. The first-order valence-corrected chi connectivity index (χ1v) is 4.87. The number of rotatable bonds is 2. The molecule has 0 N–H and O–H groups in total. The summed E-state index contributed by atoms with van der Waals surface area (Å²) >= 11 is 0. The lowest BCUT2D eigenvalue weighted by Crippen LogP contribution is -2.34. The van der Waals surface area contributed by atoms with Crippen molar-refractivity contribution in [1.82, 2.24) is 9.88 Å². The van der Waals surface area contributed by atoms with Crippen molar-refractivity contribution < 1.29 is 4.42 Å². The summed E-state index contributed by atoms with van der Waals surface area (Å²) in [6, 6.07) is 2.33. The molecule has 1 aromatic heterocycles. The third-order valence-corrected chi connectivity index (χ3v) is 2.56. The summed E-state index contributed by atoms with van der Waals surface area (Å²) in [5.41, 5.74) is 0.948. The van der Waals surface area contributed by atoms with Crippen molar-refractivity contribution in [3.05, 3.63) is 18.4 Å². The molecule has 14 heavy (non-hydrogen) atoms. The SMILES string of the molecule is N#CC1CCCN(Cc2cocn2)C1. The summed E-state index contributed by atoms with van der Waals surface area (Å²) in [7, 11) is 0. The van der Waals surface area contributed by atoms with Crippen molar-refractivity contribution in [2.75, 3.05) is 13.1 Å². The third kappa shape index (κ3) is 2.12. The second-order valence-electron chi connectivity index (χ2n) is 3.68. The predicted octanol–water partition coefficient (Wildman–Crippen LogP) is 1.41. The Morgan fingerprint density at radius 1 is 1.71 bits per heavy atom. The van der Waals surface area contributed by atoms with Crippen LogP contribution in [0.5, 0.6) is 0 Å². The molecule has 4 heteroatoms. The van der Waals surface area contributed by atoms with Gasteiger partial charge in [-0.2, -0.15) is 5.26 Å². The summed E-state index contributed by atoms with van der Waals surface area (Å²) in [5.74, 6) is 0.190. The molecule has 1 aliphatic rings. The maximum absolute atomic E-state index is 8.82. The Hall–Kier alpha value is -1.34. The number of nitriles is 1. The van der Waals surface area contributed by atoms with Gasteiger partial charge in [0.1, 0.15) is 6.26 Å². The molecule has 0 aromatic carbocycles. The van der Waals surface area contributed by atoms with Gasteiger partial charge in [-0.3, -0.25) is 4.90 Å². The summed E-state index contributed by atoms with van der Waals surface area (Å²) in [4.78, 5) is 6.33. The highest BCUT2D eigenvalue weighted by atomic mass is 16.3. The smallest absolute Gasteiger partial charge is 0.180 e. The zero-order chi connectivity index (χ0) is 9.80. The third-order valence-electron chi connectivity index (χ3n) is 2.56. The molecule has 0 radical (unpaired) electrons. The van der Waals surface area contributed by atoms with E-state index in [2.05, 4.69) is 16.0 Å². The van der Waals surface area contributed by atoms with E-state index < -0.39 is 0 Å². The average Bonchev–Trinajstić information content (AvgIpc) is 2.71. The number of nitrogens with zero attached hydrogens (tertiary/aromatic N) is 3. The summed E-state index contributed by atoms with van der Waals surface area (Å²) in [6.07, 6.45) is 5.25. The molecule has 0 aliphatic carbocycles. The number of likely N-dealkylation sites (tertiary alicyclic amines) is 1. The van der Waals surface area contributed by atoms with Gasteiger partial charge in [0.25, 0.3) is 0 Å². The van der Waals surface area contributed by atoms with Crippen molar-refractivity contribution in [2.45, 2.75) is 19.4 Å². The standard InChI is InChI=1S/C10H13N3O/c11-4-9-2-1-3-13(5-9)6-10-7-14-8-12-10/h7-9H,1-3,5-6H2. The van der Waals surface area contributed by atoms with Crippen molar-refractivity contribution in [3.63, 3.8) is 0 Å². The Labute approximate surface area is 83.1 Å². The molecule has 0 saturated carbocycles. The van der Waals surface area contributed by atoms with Crippen LogP contribution in [0.2, 0.25) is 0 Å². The van der Waals surface area contributed by atoms with Gasteiger partial charge >= 0.3 is 0 Å². The Balaban J connectivity index is 1.90. The normalized spacial score (nSPS) is 23.2. The molecule has 2 rings (SSSR count). The van der Waals surface area contributed by atoms with Crippen LogP contribution in [0.1, 0.15) is 18.5 Å². The maximum Gasteiger partial charge on any atom is 0.180 e. The second-order valence-corrected chi connectivity index (χ2v) is 3.68. The molecule has 2 heterocycles. The van der Waals surface area contributed by atoms with E-state index in [0.29, 0.717) is 0 Å². The molecule has 1 aliphatic heterocycles. The van der Waals surface area contributed by atoms with Crippen LogP contribution in [0.15, 0.2) is 17.1 Å². The zero-order valence-corrected chi connectivity index (χ0v) is 8.02. The van der Waals surface area contributed by atoms with Gasteiger partial charge in [-0.1, -0.05) is 0 Å². The minimum Gasteiger partial charge on any atom is -0.451 e. The van der Waals surface area contributed by atoms with Crippen molar-refractivity contribution in [3.8, 4) is 6.07 Å². The van der Waals surface area contributed by atoms with E-state index >= 15 is 0 Å². The first-order chi connectivity index (χ1) is 6.88. The topological polar surface area (TPSA) is 53.1 Å². The largest absolute Gasteiger partial charge is 0.451 e. The van der Waals surface area contributed by atoms with Gasteiger partial charge in [-0.15, -0.1) is 0 Å². The van der Waals surface area contributed by atoms with Gasteiger partial charge in [-0.05, 0) is 19.4 Å². The van der Waals surface area contributed by atoms with Crippen LogP contribution in [0, 0.1) is 17.2 Å². The Bertz CT molecular complexity index is 315. The molecule has 1 aromatic rings. The monoisotopic (exact) mass is 191 g/mol. The highest BCUT2D eigenvalue weighted by Gasteiger charge is 2.19. The fraction of sp³-hybridized carbons (Fsp3) is 0.600. The van der Waals surface area contributed by atoms with Gasteiger partial charge in [0, 0.05) is 13.1 Å².